The van der Waals surface area contributed by atoms with Gasteiger partial charge in [0, 0.05) is 23.6 Å². The molecule has 1 aromatic rings. The predicted octanol–water partition coefficient (Wildman–Crippen LogP) is 2.86. The largest absolute Gasteiger partial charge is 0.416 e. The van der Waals surface area contributed by atoms with E-state index in [0.29, 0.717) is 6.07 Å². The van der Waals surface area contributed by atoms with Gasteiger partial charge >= 0.3 is 6.18 Å². The number of rotatable bonds is 3. The van der Waals surface area contributed by atoms with Crippen LogP contribution in [0.2, 0.25) is 0 Å². The third-order valence-electron chi connectivity index (χ3n) is 2.91. The van der Waals surface area contributed by atoms with Gasteiger partial charge in [0.2, 0.25) is 0 Å². The molecule has 1 atom stereocenters. The van der Waals surface area contributed by atoms with E-state index in [-0.39, 0.29) is 12.2 Å². The molecule has 0 unspecified atom stereocenters. The first kappa shape index (κ1) is 14.9. The van der Waals surface area contributed by atoms with Crippen molar-refractivity contribution < 1.29 is 22.7 Å². The molecule has 0 radical (unpaired) electrons. The van der Waals surface area contributed by atoms with Gasteiger partial charge in [-0.2, -0.15) is 13.2 Å². The van der Waals surface area contributed by atoms with E-state index in [1.54, 1.807) is 13.8 Å². The lowest BCUT2D eigenvalue weighted by atomic mass is 9.81. The van der Waals surface area contributed by atoms with Crippen molar-refractivity contribution in [1.29, 1.82) is 0 Å². The lowest BCUT2D eigenvalue weighted by Gasteiger charge is -2.30. The normalized spacial score (nSPS) is 14.7. The van der Waals surface area contributed by atoms with Gasteiger partial charge in [-0.05, 0) is 12.1 Å². The Morgan fingerprint density at radius 1 is 1.28 bits per heavy atom. The number of aliphatic hydroxyl groups excluding tert-OH is 1. The molecule has 0 fully saturated rings. The van der Waals surface area contributed by atoms with Crippen molar-refractivity contribution in [3.63, 3.8) is 0 Å². The van der Waals surface area contributed by atoms with Gasteiger partial charge in [0.25, 0.3) is 0 Å². The van der Waals surface area contributed by atoms with Crippen LogP contribution in [-0.2, 0) is 6.18 Å². The molecule has 0 bridgehead atoms. The van der Waals surface area contributed by atoms with Gasteiger partial charge in [0.05, 0.1) is 5.56 Å². The molecular weight excluding hydrogens is 250 g/mol. The van der Waals surface area contributed by atoms with Crippen molar-refractivity contribution in [1.82, 2.24) is 0 Å². The molecular formula is C12H15F4NO. The highest BCUT2D eigenvalue weighted by molar-refractivity contribution is 5.29. The zero-order valence-corrected chi connectivity index (χ0v) is 10.1. The zero-order valence-electron chi connectivity index (χ0n) is 10.1. The summed E-state index contributed by atoms with van der Waals surface area (Å²) in [5.74, 6) is -1.01. The number of halogens is 4. The number of nitrogens with two attached hydrogens (primary N) is 1. The van der Waals surface area contributed by atoms with Gasteiger partial charge < -0.3 is 10.8 Å². The van der Waals surface area contributed by atoms with E-state index in [2.05, 4.69) is 0 Å². The van der Waals surface area contributed by atoms with Crippen LogP contribution in [0.1, 0.15) is 31.0 Å². The van der Waals surface area contributed by atoms with Crippen LogP contribution < -0.4 is 5.73 Å². The Morgan fingerprint density at radius 2 is 1.83 bits per heavy atom. The fraction of sp³-hybridized carbons (Fsp3) is 0.500. The fourth-order valence-corrected chi connectivity index (χ4v) is 1.47. The SMILES string of the molecule is CC(C)(CO)[C@@H](N)c1ccc(C(F)(F)F)cc1F. The maximum Gasteiger partial charge on any atom is 0.416 e. The molecule has 1 aromatic carbocycles. The summed E-state index contributed by atoms with van der Waals surface area (Å²) in [7, 11) is 0. The number of hydrogen-bond donors (Lipinski definition) is 2. The average molecular weight is 265 g/mol. The van der Waals surface area contributed by atoms with Crippen LogP contribution in [0, 0.1) is 11.2 Å². The minimum Gasteiger partial charge on any atom is -0.396 e. The molecule has 102 valence electrons. The van der Waals surface area contributed by atoms with Crippen molar-refractivity contribution in [2.75, 3.05) is 6.61 Å². The second-order valence-electron chi connectivity index (χ2n) is 4.86. The van der Waals surface area contributed by atoms with Crippen LogP contribution in [0.15, 0.2) is 18.2 Å². The van der Waals surface area contributed by atoms with E-state index in [1.807, 2.05) is 0 Å². The summed E-state index contributed by atoms with van der Waals surface area (Å²) in [5, 5.41) is 9.12. The molecule has 0 saturated heterocycles. The number of aliphatic hydroxyl groups is 1. The third kappa shape index (κ3) is 3.00. The van der Waals surface area contributed by atoms with Crippen molar-refractivity contribution in [2.24, 2.45) is 11.1 Å². The Labute approximate surface area is 102 Å². The first-order chi connectivity index (χ1) is 8.09. The highest BCUT2D eigenvalue weighted by Gasteiger charge is 2.33. The Hall–Kier alpha value is -1.14. The molecule has 0 amide bonds. The maximum atomic E-state index is 13.6. The Morgan fingerprint density at radius 3 is 2.22 bits per heavy atom. The minimum absolute atomic E-state index is 0.0398. The second-order valence-corrected chi connectivity index (χ2v) is 4.86. The lowest BCUT2D eigenvalue weighted by molar-refractivity contribution is -0.137. The summed E-state index contributed by atoms with van der Waals surface area (Å²) in [5.41, 5.74) is 3.85. The molecule has 6 heteroatoms. The van der Waals surface area contributed by atoms with Gasteiger partial charge in [-0.15, -0.1) is 0 Å². The molecule has 1 rings (SSSR count). The smallest absolute Gasteiger partial charge is 0.396 e. The highest BCUT2D eigenvalue weighted by atomic mass is 19.4. The first-order valence-corrected chi connectivity index (χ1v) is 5.32. The average Bonchev–Trinajstić information content (AvgIpc) is 2.26. The van der Waals surface area contributed by atoms with Crippen molar-refractivity contribution in [2.45, 2.75) is 26.1 Å². The summed E-state index contributed by atoms with van der Waals surface area (Å²) < 4.78 is 50.7. The molecule has 0 aliphatic heterocycles. The molecule has 0 saturated carbocycles. The summed E-state index contributed by atoms with van der Waals surface area (Å²) in [6, 6.07) is 1.33. The summed E-state index contributed by atoms with van der Waals surface area (Å²) >= 11 is 0. The van der Waals surface area contributed by atoms with E-state index in [9.17, 15) is 17.6 Å². The van der Waals surface area contributed by atoms with E-state index in [0.717, 1.165) is 12.1 Å². The fourth-order valence-electron chi connectivity index (χ4n) is 1.47. The molecule has 0 spiro atoms. The number of benzene rings is 1. The van der Waals surface area contributed by atoms with Crippen LogP contribution in [0.3, 0.4) is 0 Å². The number of hydrogen-bond acceptors (Lipinski definition) is 2. The van der Waals surface area contributed by atoms with Gasteiger partial charge in [0.1, 0.15) is 5.82 Å². The van der Waals surface area contributed by atoms with E-state index >= 15 is 0 Å². The molecule has 0 aliphatic carbocycles. The molecule has 18 heavy (non-hydrogen) atoms. The third-order valence-corrected chi connectivity index (χ3v) is 2.91. The van der Waals surface area contributed by atoms with Crippen LogP contribution >= 0.6 is 0 Å². The number of alkyl halides is 3. The van der Waals surface area contributed by atoms with Gasteiger partial charge in [-0.1, -0.05) is 19.9 Å². The van der Waals surface area contributed by atoms with E-state index in [1.165, 1.54) is 0 Å². The van der Waals surface area contributed by atoms with Crippen LogP contribution in [0.25, 0.3) is 0 Å². The lowest BCUT2D eigenvalue weighted by Crippen LogP contribution is -2.33. The monoisotopic (exact) mass is 265 g/mol. The van der Waals surface area contributed by atoms with E-state index in [4.69, 9.17) is 10.8 Å². The predicted molar refractivity (Wildman–Crippen MR) is 59.2 cm³/mol. The zero-order chi connectivity index (χ0) is 14.1. The summed E-state index contributed by atoms with van der Waals surface area (Å²) in [6.45, 7) is 2.91. The Balaban J connectivity index is 3.14. The van der Waals surface area contributed by atoms with Crippen molar-refractivity contribution in [3.8, 4) is 0 Å². The quantitative estimate of drug-likeness (QED) is 0.825. The molecule has 0 heterocycles. The Kier molecular flexibility index (Phi) is 4.02. The molecule has 0 aliphatic rings. The van der Waals surface area contributed by atoms with E-state index < -0.39 is 29.0 Å². The topological polar surface area (TPSA) is 46.2 Å². The van der Waals surface area contributed by atoms with Crippen LogP contribution in [0.5, 0.6) is 0 Å². The maximum absolute atomic E-state index is 13.6. The van der Waals surface area contributed by atoms with Gasteiger partial charge in [-0.3, -0.25) is 0 Å². The highest BCUT2D eigenvalue weighted by Crippen LogP contribution is 2.35. The summed E-state index contributed by atoms with van der Waals surface area (Å²) in [4.78, 5) is 0. The molecule has 3 N–H and O–H groups in total. The second kappa shape index (κ2) is 4.85. The van der Waals surface area contributed by atoms with Crippen LogP contribution in [-0.4, -0.2) is 11.7 Å². The molecule has 2 nitrogen and oxygen atoms in total. The van der Waals surface area contributed by atoms with Crippen LogP contribution in [0.4, 0.5) is 17.6 Å². The van der Waals surface area contributed by atoms with Gasteiger partial charge in [0.15, 0.2) is 0 Å². The van der Waals surface area contributed by atoms with Crippen molar-refractivity contribution >= 4 is 0 Å². The Bertz CT molecular complexity index is 429. The molecule has 0 aromatic heterocycles. The minimum atomic E-state index is -4.59. The summed E-state index contributed by atoms with van der Waals surface area (Å²) in [6.07, 6.45) is -4.59. The van der Waals surface area contributed by atoms with Gasteiger partial charge in [-0.25, -0.2) is 4.39 Å². The first-order valence-electron chi connectivity index (χ1n) is 5.32. The van der Waals surface area contributed by atoms with Crippen molar-refractivity contribution in [3.05, 3.63) is 35.1 Å². The standard InChI is InChI=1S/C12H15F4NO/c1-11(2,6-18)10(17)8-4-3-7(5-9(8)13)12(14,15)16/h3-5,10,18H,6,17H2,1-2H3/t10-/m0/s1.